The lowest BCUT2D eigenvalue weighted by molar-refractivity contribution is 0.400. The first-order chi connectivity index (χ1) is 9.27. The van der Waals surface area contributed by atoms with Crippen molar-refractivity contribution in [1.29, 1.82) is 0 Å². The van der Waals surface area contributed by atoms with Gasteiger partial charge < -0.3 is 10.6 Å². The van der Waals surface area contributed by atoms with E-state index in [0.717, 1.165) is 12.6 Å². The number of hydrogen-bond acceptors (Lipinski definition) is 4. The molecule has 0 radical (unpaired) electrons. The number of nitrogens with zero attached hydrogens (tertiary/aromatic N) is 1. The average Bonchev–Trinajstić information content (AvgIpc) is 2.37. The highest BCUT2D eigenvalue weighted by molar-refractivity contribution is 7.89. The number of halogens is 2. The second-order valence-corrected chi connectivity index (χ2v) is 6.78. The summed E-state index contributed by atoms with van der Waals surface area (Å²) in [6, 6.07) is 2.19. The number of nitrogens with one attached hydrogen (secondary N) is 1. The molecule has 8 heteroatoms. The molecule has 0 fully saturated rings. The van der Waals surface area contributed by atoms with Gasteiger partial charge in [0.25, 0.3) is 0 Å². The van der Waals surface area contributed by atoms with Crippen LogP contribution < -0.4 is 10.5 Å². The van der Waals surface area contributed by atoms with Gasteiger partial charge in [0.1, 0.15) is 5.82 Å². The standard InChI is InChI=1S/C12H19ClFN3O2S/c1-17(2)5-3-4-16-20(18,19)10-6-9(8-15)12(13)11(14)7-10/h6-7,16H,3-5,8,15H2,1-2H3. The summed E-state index contributed by atoms with van der Waals surface area (Å²) >= 11 is 5.70. The van der Waals surface area contributed by atoms with Crippen molar-refractivity contribution >= 4 is 21.6 Å². The average molecular weight is 324 g/mol. The van der Waals surface area contributed by atoms with E-state index in [2.05, 4.69) is 4.72 Å². The normalized spacial score (nSPS) is 12.1. The van der Waals surface area contributed by atoms with Gasteiger partial charge in [-0.3, -0.25) is 0 Å². The van der Waals surface area contributed by atoms with E-state index in [4.69, 9.17) is 17.3 Å². The van der Waals surface area contributed by atoms with E-state index in [9.17, 15) is 12.8 Å². The maximum Gasteiger partial charge on any atom is 0.240 e. The van der Waals surface area contributed by atoms with E-state index in [-0.39, 0.29) is 28.6 Å². The summed E-state index contributed by atoms with van der Waals surface area (Å²) in [5, 5.41) is -0.140. The highest BCUT2D eigenvalue weighted by Crippen LogP contribution is 2.24. The van der Waals surface area contributed by atoms with Crippen molar-refractivity contribution in [3.8, 4) is 0 Å². The summed E-state index contributed by atoms with van der Waals surface area (Å²) in [6.45, 7) is 1.01. The summed E-state index contributed by atoms with van der Waals surface area (Å²) in [5.74, 6) is -0.789. The van der Waals surface area contributed by atoms with E-state index < -0.39 is 15.8 Å². The number of hydrogen-bond donors (Lipinski definition) is 2. The molecule has 0 saturated heterocycles. The van der Waals surface area contributed by atoms with Gasteiger partial charge in [0, 0.05) is 13.1 Å². The van der Waals surface area contributed by atoms with Crippen molar-refractivity contribution in [2.45, 2.75) is 17.9 Å². The van der Waals surface area contributed by atoms with Crippen LogP contribution in [0.15, 0.2) is 17.0 Å². The zero-order chi connectivity index (χ0) is 15.3. The van der Waals surface area contributed by atoms with Crippen LogP contribution in [0, 0.1) is 5.82 Å². The number of benzene rings is 1. The molecule has 20 heavy (non-hydrogen) atoms. The van der Waals surface area contributed by atoms with Crippen molar-refractivity contribution in [2.24, 2.45) is 5.73 Å². The molecule has 0 spiro atoms. The smallest absolute Gasteiger partial charge is 0.240 e. The summed E-state index contributed by atoms with van der Waals surface area (Å²) < 4.78 is 40.1. The molecule has 3 N–H and O–H groups in total. The van der Waals surface area contributed by atoms with Crippen molar-refractivity contribution < 1.29 is 12.8 Å². The molecule has 1 aromatic carbocycles. The highest BCUT2D eigenvalue weighted by atomic mass is 35.5. The van der Waals surface area contributed by atoms with Crippen LogP contribution in [0.2, 0.25) is 5.02 Å². The topological polar surface area (TPSA) is 75.4 Å². The highest BCUT2D eigenvalue weighted by Gasteiger charge is 2.18. The Bertz CT molecular complexity index is 564. The van der Waals surface area contributed by atoms with Gasteiger partial charge in [-0.15, -0.1) is 0 Å². The fourth-order valence-corrected chi connectivity index (χ4v) is 2.93. The lowest BCUT2D eigenvalue weighted by Gasteiger charge is -2.11. The Balaban J connectivity index is 2.85. The maximum atomic E-state index is 13.6. The van der Waals surface area contributed by atoms with Gasteiger partial charge in [-0.2, -0.15) is 0 Å². The first kappa shape index (κ1) is 17.3. The third-order valence-electron chi connectivity index (χ3n) is 2.68. The third-order valence-corrected chi connectivity index (χ3v) is 4.55. The van der Waals surface area contributed by atoms with Crippen LogP contribution in [0.5, 0.6) is 0 Å². The van der Waals surface area contributed by atoms with Crippen molar-refractivity contribution in [1.82, 2.24) is 9.62 Å². The fraction of sp³-hybridized carbons (Fsp3) is 0.500. The Hall–Kier alpha value is -0.730. The largest absolute Gasteiger partial charge is 0.326 e. The number of nitrogens with two attached hydrogens (primary N) is 1. The summed E-state index contributed by atoms with van der Waals surface area (Å²) in [5.41, 5.74) is 5.68. The minimum Gasteiger partial charge on any atom is -0.326 e. The van der Waals surface area contributed by atoms with E-state index in [1.54, 1.807) is 0 Å². The predicted octanol–water partition coefficient (Wildman–Crippen LogP) is 1.17. The lowest BCUT2D eigenvalue weighted by Crippen LogP contribution is -2.27. The maximum absolute atomic E-state index is 13.6. The molecule has 0 bridgehead atoms. The molecular formula is C12H19ClFN3O2S. The van der Waals surface area contributed by atoms with Gasteiger partial charge in [0.2, 0.25) is 10.0 Å². The van der Waals surface area contributed by atoms with Crippen molar-refractivity contribution in [2.75, 3.05) is 27.2 Å². The predicted molar refractivity (Wildman–Crippen MR) is 77.7 cm³/mol. The minimum atomic E-state index is -3.75. The van der Waals surface area contributed by atoms with Gasteiger partial charge >= 0.3 is 0 Å². The van der Waals surface area contributed by atoms with Gasteiger partial charge in [-0.1, -0.05) is 11.6 Å². The van der Waals surface area contributed by atoms with Crippen molar-refractivity contribution in [3.63, 3.8) is 0 Å². The van der Waals surface area contributed by atoms with Crippen LogP contribution in [0.25, 0.3) is 0 Å². The van der Waals surface area contributed by atoms with Gasteiger partial charge in [0.05, 0.1) is 9.92 Å². The lowest BCUT2D eigenvalue weighted by atomic mass is 10.2. The fourth-order valence-electron chi connectivity index (χ4n) is 1.61. The van der Waals surface area contributed by atoms with E-state index in [0.29, 0.717) is 6.42 Å². The Morgan fingerprint density at radius 1 is 1.40 bits per heavy atom. The third kappa shape index (κ3) is 4.68. The summed E-state index contributed by atoms with van der Waals surface area (Å²) in [6.07, 6.45) is 0.659. The molecule has 0 heterocycles. The van der Waals surface area contributed by atoms with E-state index >= 15 is 0 Å². The van der Waals surface area contributed by atoms with Gasteiger partial charge in [-0.25, -0.2) is 17.5 Å². The molecule has 1 rings (SSSR count). The van der Waals surface area contributed by atoms with Gasteiger partial charge in [0.15, 0.2) is 0 Å². The Morgan fingerprint density at radius 3 is 2.60 bits per heavy atom. The summed E-state index contributed by atoms with van der Waals surface area (Å²) in [7, 11) is 0.0460. The quantitative estimate of drug-likeness (QED) is 0.739. The molecule has 1 aromatic rings. The molecule has 0 atom stereocenters. The van der Waals surface area contributed by atoms with E-state index in [1.807, 2.05) is 19.0 Å². The van der Waals surface area contributed by atoms with Crippen LogP contribution in [0.1, 0.15) is 12.0 Å². The molecule has 114 valence electrons. The Morgan fingerprint density at radius 2 is 2.05 bits per heavy atom. The minimum absolute atomic E-state index is 0.0280. The van der Waals surface area contributed by atoms with Crippen LogP contribution in [0.3, 0.4) is 0 Å². The molecule has 5 nitrogen and oxygen atoms in total. The van der Waals surface area contributed by atoms with Crippen LogP contribution in [-0.2, 0) is 16.6 Å². The molecule has 0 aliphatic rings. The Kier molecular flexibility index (Phi) is 6.35. The molecule has 0 aliphatic carbocycles. The molecule has 0 unspecified atom stereocenters. The molecule has 0 aromatic heterocycles. The van der Waals surface area contributed by atoms with Gasteiger partial charge in [-0.05, 0) is 44.8 Å². The SMILES string of the molecule is CN(C)CCCNS(=O)(=O)c1cc(F)c(Cl)c(CN)c1. The monoisotopic (exact) mass is 323 g/mol. The second kappa shape index (κ2) is 7.33. The first-order valence-electron chi connectivity index (χ1n) is 6.10. The molecule has 0 amide bonds. The van der Waals surface area contributed by atoms with Crippen LogP contribution in [0.4, 0.5) is 4.39 Å². The first-order valence-corrected chi connectivity index (χ1v) is 7.96. The van der Waals surface area contributed by atoms with Crippen LogP contribution in [-0.4, -0.2) is 40.5 Å². The van der Waals surface area contributed by atoms with E-state index in [1.165, 1.54) is 6.07 Å². The number of sulfonamides is 1. The zero-order valence-corrected chi connectivity index (χ0v) is 13.1. The molecule has 0 saturated carbocycles. The van der Waals surface area contributed by atoms with Crippen molar-refractivity contribution in [3.05, 3.63) is 28.5 Å². The summed E-state index contributed by atoms with van der Waals surface area (Å²) in [4.78, 5) is 1.78. The zero-order valence-electron chi connectivity index (χ0n) is 11.5. The van der Waals surface area contributed by atoms with Crippen LogP contribution >= 0.6 is 11.6 Å². The molecule has 0 aliphatic heterocycles. The molecular weight excluding hydrogens is 305 g/mol. The number of rotatable bonds is 7. The Labute approximate surface area is 124 Å². The second-order valence-electron chi connectivity index (χ2n) is 4.64.